The minimum absolute atomic E-state index is 0.369. The molecular weight excluding hydrogens is 249 g/mol. The molecule has 0 saturated heterocycles. The highest BCUT2D eigenvalue weighted by molar-refractivity contribution is 6.47. The van der Waals surface area contributed by atoms with E-state index in [1.165, 1.54) is 4.90 Å². The average Bonchev–Trinajstić information content (AvgIpc) is 2.16. The topological polar surface area (TPSA) is 29.5 Å². The maximum absolute atomic E-state index is 11.4. The lowest BCUT2D eigenvalue weighted by Gasteiger charge is -2.19. The molecule has 1 aromatic carbocycles. The Balaban J connectivity index is 3.01. The second-order valence-electron chi connectivity index (χ2n) is 3.65. The van der Waals surface area contributed by atoms with Gasteiger partial charge in [0.1, 0.15) is 10.1 Å². The van der Waals surface area contributed by atoms with Crippen LogP contribution < -0.4 is 4.74 Å². The standard InChI is InChI=1S/C11H13Cl2NO2/c1-11(12,13)8-6-4-5-7-9(8)16-10(15)14(2)3/h4-7H,1-3H3. The molecule has 1 amide bonds. The van der Waals surface area contributed by atoms with Crippen LogP contribution in [0.1, 0.15) is 12.5 Å². The lowest BCUT2D eigenvalue weighted by molar-refractivity contribution is 0.171. The number of halogens is 2. The van der Waals surface area contributed by atoms with Gasteiger partial charge in [0, 0.05) is 19.7 Å². The smallest absolute Gasteiger partial charge is 0.410 e. The molecule has 0 aliphatic heterocycles. The highest BCUT2D eigenvalue weighted by atomic mass is 35.5. The van der Waals surface area contributed by atoms with Crippen molar-refractivity contribution in [3.63, 3.8) is 0 Å². The van der Waals surface area contributed by atoms with Crippen LogP contribution in [-0.4, -0.2) is 25.1 Å². The van der Waals surface area contributed by atoms with E-state index >= 15 is 0 Å². The van der Waals surface area contributed by atoms with Crippen molar-refractivity contribution in [3.05, 3.63) is 29.8 Å². The quantitative estimate of drug-likeness (QED) is 0.764. The van der Waals surface area contributed by atoms with E-state index in [4.69, 9.17) is 27.9 Å². The highest BCUT2D eigenvalue weighted by Crippen LogP contribution is 2.38. The first-order chi connectivity index (χ1) is 7.32. The predicted octanol–water partition coefficient (Wildman–Crippen LogP) is 3.40. The first-order valence-electron chi connectivity index (χ1n) is 4.69. The van der Waals surface area contributed by atoms with Gasteiger partial charge >= 0.3 is 6.09 Å². The number of nitrogens with zero attached hydrogens (tertiary/aromatic N) is 1. The Morgan fingerprint density at radius 3 is 2.38 bits per heavy atom. The fourth-order valence-electron chi connectivity index (χ4n) is 1.10. The van der Waals surface area contributed by atoms with Gasteiger partial charge in [-0.1, -0.05) is 41.4 Å². The molecule has 1 rings (SSSR count). The van der Waals surface area contributed by atoms with Gasteiger partial charge in [0.15, 0.2) is 0 Å². The van der Waals surface area contributed by atoms with Crippen LogP contribution >= 0.6 is 23.2 Å². The first-order valence-corrected chi connectivity index (χ1v) is 5.44. The molecule has 0 aromatic heterocycles. The average molecular weight is 262 g/mol. The Labute approximate surface area is 105 Å². The maximum atomic E-state index is 11.4. The van der Waals surface area contributed by atoms with E-state index in [2.05, 4.69) is 0 Å². The number of para-hydroxylation sites is 1. The van der Waals surface area contributed by atoms with Crippen molar-refractivity contribution in [1.29, 1.82) is 0 Å². The van der Waals surface area contributed by atoms with Crippen molar-refractivity contribution >= 4 is 29.3 Å². The summed E-state index contributed by atoms with van der Waals surface area (Å²) in [6.45, 7) is 1.62. The van der Waals surface area contributed by atoms with Crippen molar-refractivity contribution in [2.45, 2.75) is 11.3 Å². The normalized spacial score (nSPS) is 11.1. The van der Waals surface area contributed by atoms with Gasteiger partial charge in [0.2, 0.25) is 0 Å². The number of amides is 1. The zero-order valence-corrected chi connectivity index (χ0v) is 10.8. The number of carbonyl (C=O) groups excluding carboxylic acids is 1. The summed E-state index contributed by atoms with van der Waals surface area (Å²) in [5.41, 5.74) is 0.563. The van der Waals surface area contributed by atoms with Gasteiger partial charge in [-0.05, 0) is 13.0 Å². The van der Waals surface area contributed by atoms with E-state index in [0.29, 0.717) is 11.3 Å². The number of ether oxygens (including phenoxy) is 1. The SMILES string of the molecule is CN(C)C(=O)Oc1ccccc1C(C)(Cl)Cl. The molecule has 0 heterocycles. The maximum Gasteiger partial charge on any atom is 0.414 e. The fourth-order valence-corrected chi connectivity index (χ4v) is 1.42. The van der Waals surface area contributed by atoms with Crippen molar-refractivity contribution in [2.75, 3.05) is 14.1 Å². The number of carbonyl (C=O) groups is 1. The van der Waals surface area contributed by atoms with Gasteiger partial charge in [-0.15, -0.1) is 0 Å². The van der Waals surface area contributed by atoms with Gasteiger partial charge in [0.25, 0.3) is 0 Å². The molecule has 0 unspecified atom stereocenters. The monoisotopic (exact) mass is 261 g/mol. The van der Waals surface area contributed by atoms with Crippen LogP contribution in [0.15, 0.2) is 24.3 Å². The number of benzene rings is 1. The molecule has 0 bridgehead atoms. The minimum atomic E-state index is -1.09. The van der Waals surface area contributed by atoms with Gasteiger partial charge < -0.3 is 9.64 Å². The molecule has 0 spiro atoms. The third-order valence-corrected chi connectivity index (χ3v) is 2.33. The van der Waals surface area contributed by atoms with Crippen molar-refractivity contribution in [1.82, 2.24) is 4.90 Å². The molecule has 0 aliphatic carbocycles. The number of rotatable bonds is 2. The van der Waals surface area contributed by atoms with Crippen LogP contribution in [-0.2, 0) is 4.33 Å². The molecule has 16 heavy (non-hydrogen) atoms. The Kier molecular flexibility index (Phi) is 4.05. The Morgan fingerprint density at radius 1 is 1.31 bits per heavy atom. The molecule has 0 fully saturated rings. The van der Waals surface area contributed by atoms with Crippen molar-refractivity contribution < 1.29 is 9.53 Å². The predicted molar refractivity (Wildman–Crippen MR) is 65.2 cm³/mol. The molecule has 0 N–H and O–H groups in total. The zero-order chi connectivity index (χ0) is 12.3. The van der Waals surface area contributed by atoms with Crippen LogP contribution in [0.4, 0.5) is 4.79 Å². The Morgan fingerprint density at radius 2 is 1.88 bits per heavy atom. The summed E-state index contributed by atoms with van der Waals surface area (Å²) < 4.78 is 4.06. The summed E-state index contributed by atoms with van der Waals surface area (Å²) in [6.07, 6.45) is -0.468. The lowest BCUT2D eigenvalue weighted by atomic mass is 10.1. The van der Waals surface area contributed by atoms with Gasteiger partial charge in [-0.25, -0.2) is 4.79 Å². The number of alkyl halides is 2. The highest BCUT2D eigenvalue weighted by Gasteiger charge is 2.25. The second kappa shape index (κ2) is 4.93. The molecule has 3 nitrogen and oxygen atoms in total. The van der Waals surface area contributed by atoms with Gasteiger partial charge in [-0.3, -0.25) is 0 Å². The molecule has 1 aromatic rings. The summed E-state index contributed by atoms with van der Waals surface area (Å²) in [5, 5.41) is 0. The third kappa shape index (κ3) is 3.29. The van der Waals surface area contributed by atoms with E-state index in [9.17, 15) is 4.79 Å². The molecular formula is C11H13Cl2NO2. The van der Waals surface area contributed by atoms with Crippen LogP contribution in [0.5, 0.6) is 5.75 Å². The molecule has 0 atom stereocenters. The largest absolute Gasteiger partial charge is 0.414 e. The van der Waals surface area contributed by atoms with Crippen LogP contribution in [0.2, 0.25) is 0 Å². The van der Waals surface area contributed by atoms with E-state index in [1.54, 1.807) is 45.3 Å². The van der Waals surface area contributed by atoms with Crippen molar-refractivity contribution in [3.8, 4) is 5.75 Å². The summed E-state index contributed by atoms with van der Waals surface area (Å²) in [7, 11) is 3.21. The van der Waals surface area contributed by atoms with Crippen LogP contribution in [0, 0.1) is 0 Å². The van der Waals surface area contributed by atoms with Gasteiger partial charge in [-0.2, -0.15) is 0 Å². The van der Waals surface area contributed by atoms with Crippen LogP contribution in [0.3, 0.4) is 0 Å². The molecule has 0 saturated carbocycles. The van der Waals surface area contributed by atoms with Crippen molar-refractivity contribution in [2.24, 2.45) is 0 Å². The summed E-state index contributed by atoms with van der Waals surface area (Å²) in [6, 6.07) is 6.91. The zero-order valence-electron chi connectivity index (χ0n) is 9.33. The third-order valence-electron chi connectivity index (χ3n) is 1.92. The summed E-state index contributed by atoms with van der Waals surface area (Å²) in [5.74, 6) is 0.369. The van der Waals surface area contributed by atoms with E-state index < -0.39 is 10.4 Å². The fraction of sp³-hybridized carbons (Fsp3) is 0.364. The minimum Gasteiger partial charge on any atom is -0.410 e. The molecule has 88 valence electrons. The Bertz CT molecular complexity index is 386. The Hall–Kier alpha value is -0.930. The summed E-state index contributed by atoms with van der Waals surface area (Å²) in [4.78, 5) is 12.7. The molecule has 0 aliphatic rings. The second-order valence-corrected chi connectivity index (χ2v) is 5.35. The molecule has 5 heteroatoms. The van der Waals surface area contributed by atoms with E-state index in [-0.39, 0.29) is 0 Å². The van der Waals surface area contributed by atoms with Crippen LogP contribution in [0.25, 0.3) is 0 Å². The first kappa shape index (κ1) is 13.1. The van der Waals surface area contributed by atoms with E-state index in [1.807, 2.05) is 0 Å². The van der Waals surface area contributed by atoms with Gasteiger partial charge in [0.05, 0.1) is 0 Å². The van der Waals surface area contributed by atoms with E-state index in [0.717, 1.165) is 0 Å². The molecule has 0 radical (unpaired) electrons. The lowest BCUT2D eigenvalue weighted by Crippen LogP contribution is -2.26. The summed E-state index contributed by atoms with van der Waals surface area (Å²) >= 11 is 12.0. The number of hydrogen-bond acceptors (Lipinski definition) is 2. The number of hydrogen-bond donors (Lipinski definition) is 0.